The van der Waals surface area contributed by atoms with Crippen molar-refractivity contribution < 1.29 is 89.6 Å². The minimum atomic E-state index is 0. The summed E-state index contributed by atoms with van der Waals surface area (Å²) in [7, 11) is 6.56. The summed E-state index contributed by atoms with van der Waals surface area (Å²) in [4.78, 5) is 11.4. The van der Waals surface area contributed by atoms with Gasteiger partial charge in [0.25, 0.3) is 0 Å². The first-order chi connectivity index (χ1) is 16.7. The maximum absolute atomic E-state index is 5.21. The summed E-state index contributed by atoms with van der Waals surface area (Å²) in [5.74, 6) is 1.65. The Hall–Kier alpha value is -1.47. The van der Waals surface area contributed by atoms with E-state index in [0.717, 1.165) is 43.7 Å². The smallest absolute Gasteiger partial charge is 1.00 e. The van der Waals surface area contributed by atoms with Crippen LogP contribution in [0.15, 0.2) is 118 Å². The second kappa shape index (κ2) is 19.6. The van der Waals surface area contributed by atoms with Gasteiger partial charge in [0.15, 0.2) is 0 Å². The largest absolute Gasteiger partial charge is 1.00 e. The fraction of sp³-hybridized carbons (Fsp3) is 0.0714. The molecule has 0 spiro atoms. The van der Waals surface area contributed by atoms with E-state index in [1.807, 2.05) is 97.4 Å². The molecule has 0 bridgehead atoms. The van der Waals surface area contributed by atoms with Crippen molar-refractivity contribution in [3.8, 4) is 11.5 Å². The van der Waals surface area contributed by atoms with Crippen LogP contribution in [0.4, 0.5) is 0 Å². The molecule has 0 aromatic heterocycles. The number of halogens is 2. The van der Waals surface area contributed by atoms with Crippen molar-refractivity contribution in [2.75, 3.05) is 14.2 Å². The van der Waals surface area contributed by atoms with Gasteiger partial charge in [-0.05, 0) is 84.0 Å². The monoisotopic (exact) mass is 956 g/mol. The zero-order valence-corrected chi connectivity index (χ0v) is 35.1. The Morgan fingerprint density at radius 3 is 1.34 bits per heavy atom. The molecule has 186 valence electrons. The number of aliphatic imine (C=N–C) groups is 2. The molecule has 2 aromatic carbocycles. The maximum atomic E-state index is 5.21. The molecule has 0 amide bonds. The van der Waals surface area contributed by atoms with E-state index < -0.39 is 0 Å². The average molecular weight is 955 g/mol. The number of benzene rings is 2. The predicted molar refractivity (Wildman–Crippen MR) is 147 cm³/mol. The molecule has 2 aromatic rings. The second-order valence-corrected chi connectivity index (χ2v) is 9.23. The van der Waals surface area contributed by atoms with Crippen molar-refractivity contribution in [2.45, 2.75) is 0 Å². The van der Waals surface area contributed by atoms with Gasteiger partial charge in [-0.25, -0.2) is 0 Å². The SMILES string of the molecule is COc1ccc(C=NC2=CC=C=CC2=S=S=C2C=C=CC=C2N=Cc2ccc(OC)cc2)cc1.[Cl-].[Cl-].[Hg+].[Hg+]. The van der Waals surface area contributed by atoms with Crippen LogP contribution in [0.2, 0.25) is 0 Å². The van der Waals surface area contributed by atoms with Gasteiger partial charge in [-0.2, -0.15) is 0 Å². The molecular weight excluding hydrogens is 933 g/mol. The van der Waals surface area contributed by atoms with Gasteiger partial charge in [0.1, 0.15) is 11.5 Å². The third kappa shape index (κ3) is 11.0. The number of nitrogens with zero attached hydrogens (tertiary/aromatic N) is 2. The van der Waals surface area contributed by atoms with E-state index in [9.17, 15) is 0 Å². The number of methoxy groups -OCH3 is 2. The van der Waals surface area contributed by atoms with E-state index in [1.54, 1.807) is 34.0 Å². The number of allylic oxidation sites excluding steroid dienone is 4. The van der Waals surface area contributed by atoms with Crippen molar-refractivity contribution in [3.63, 3.8) is 0 Å². The Bertz CT molecular complexity index is 1340. The number of rotatable bonds is 6. The Morgan fingerprint density at radius 2 is 1.00 bits per heavy atom. The maximum Gasteiger partial charge on any atom is 1.00 e. The van der Waals surface area contributed by atoms with Crippen molar-refractivity contribution >= 4 is 42.0 Å². The molecule has 0 saturated carbocycles. The summed E-state index contributed by atoms with van der Waals surface area (Å²) in [6.45, 7) is 0. The molecule has 0 aliphatic heterocycles. The summed E-state index contributed by atoms with van der Waals surface area (Å²) >= 11 is 0. The molecule has 2 aliphatic carbocycles. The van der Waals surface area contributed by atoms with Crippen LogP contribution in [0.25, 0.3) is 0 Å². The van der Waals surface area contributed by atoms with E-state index in [4.69, 9.17) is 9.47 Å². The molecule has 4 rings (SSSR count). The molecule has 2 aliphatic rings. The van der Waals surface area contributed by atoms with Gasteiger partial charge in [0.2, 0.25) is 0 Å². The van der Waals surface area contributed by atoms with Crippen LogP contribution in [0.5, 0.6) is 11.5 Å². The molecule has 0 N–H and O–H groups in total. The molecule has 0 heterocycles. The normalized spacial score (nSPS) is 13.0. The zero-order valence-electron chi connectivity index (χ0n) is 20.9. The topological polar surface area (TPSA) is 43.2 Å². The summed E-state index contributed by atoms with van der Waals surface area (Å²) < 4.78 is 10.4. The standard InChI is InChI=1S/C28H22N2O2S2.2ClH.2Hg/c1-31-23-15-11-21(12-16-23)19-29-25-7-3-5-9-27(25)33-34-28-10-6-4-8-26(28)30-20-22-13-17-24(32-2)18-14-22;;;;/h3-4,7-20H,1-2H3;2*1H;;/q;;;2*+1/p-2. The Morgan fingerprint density at radius 1 is 0.632 bits per heavy atom. The fourth-order valence-corrected chi connectivity index (χ4v) is 5.08. The van der Waals surface area contributed by atoms with Crippen LogP contribution >= 0.6 is 0 Å². The first-order valence-electron chi connectivity index (χ1n) is 10.5. The molecule has 38 heavy (non-hydrogen) atoms. The van der Waals surface area contributed by atoms with Gasteiger partial charge >= 0.3 is 55.3 Å². The minimum absolute atomic E-state index is 0. The van der Waals surface area contributed by atoms with E-state index in [0.29, 0.717) is 0 Å². The summed E-state index contributed by atoms with van der Waals surface area (Å²) in [6, 6.07) is 15.6. The van der Waals surface area contributed by atoms with E-state index >= 15 is 0 Å². The molecule has 0 unspecified atom stereocenters. The Labute approximate surface area is 283 Å². The third-order valence-corrected chi connectivity index (χ3v) is 7.19. The molecule has 4 nitrogen and oxygen atoms in total. The number of hydrogen-bond donors (Lipinski definition) is 0. The van der Waals surface area contributed by atoms with Gasteiger partial charge < -0.3 is 34.3 Å². The predicted octanol–water partition coefficient (Wildman–Crippen LogP) is -1.11. The van der Waals surface area contributed by atoms with Gasteiger partial charge in [-0.1, -0.05) is 19.8 Å². The van der Waals surface area contributed by atoms with Crippen molar-refractivity contribution in [1.82, 2.24) is 0 Å². The average Bonchev–Trinajstić information content (AvgIpc) is 2.91. The van der Waals surface area contributed by atoms with Crippen molar-refractivity contribution in [3.05, 3.63) is 119 Å². The minimum Gasteiger partial charge on any atom is -1.00 e. The van der Waals surface area contributed by atoms with Gasteiger partial charge in [-0.15, -0.1) is 11.5 Å². The van der Waals surface area contributed by atoms with E-state index in [1.165, 1.54) is 0 Å². The summed E-state index contributed by atoms with van der Waals surface area (Å²) in [5.41, 5.74) is 10.1. The van der Waals surface area contributed by atoms with Crippen LogP contribution in [-0.4, -0.2) is 36.4 Å². The fourth-order valence-electron chi connectivity index (χ4n) is 2.92. The van der Waals surface area contributed by atoms with Crippen molar-refractivity contribution in [2.24, 2.45) is 9.98 Å². The van der Waals surface area contributed by atoms with Crippen LogP contribution in [0.1, 0.15) is 11.1 Å². The number of hydrogen-bond acceptors (Lipinski definition) is 4. The Kier molecular flexibility index (Phi) is 18.8. The first kappa shape index (κ1) is 36.5. The zero-order chi connectivity index (χ0) is 23.6. The second-order valence-electron chi connectivity index (χ2n) is 7.02. The quantitative estimate of drug-likeness (QED) is 0.160. The van der Waals surface area contributed by atoms with Crippen LogP contribution in [0, 0.1) is 0 Å². The van der Waals surface area contributed by atoms with Gasteiger partial charge in [0, 0.05) is 24.6 Å². The summed E-state index contributed by atoms with van der Waals surface area (Å²) in [6.07, 6.45) is 15.3. The van der Waals surface area contributed by atoms with Crippen LogP contribution in [-0.2, 0) is 75.2 Å². The molecule has 2 radical (unpaired) electrons. The third-order valence-electron chi connectivity index (χ3n) is 4.77. The molecule has 0 saturated heterocycles. The number of ether oxygens (including phenoxy) is 2. The van der Waals surface area contributed by atoms with E-state index in [2.05, 4.69) is 21.4 Å². The molecule has 0 fully saturated rings. The van der Waals surface area contributed by atoms with Gasteiger partial charge in [-0.3, -0.25) is 9.98 Å². The molecular formula is C28H22Cl2Hg2N2O2S2. The first-order valence-corrected chi connectivity index (χ1v) is 12.6. The van der Waals surface area contributed by atoms with E-state index in [-0.39, 0.29) is 80.2 Å². The van der Waals surface area contributed by atoms with Gasteiger partial charge in [0.05, 0.1) is 35.3 Å². The molecule has 0 atom stereocenters. The van der Waals surface area contributed by atoms with Crippen LogP contribution in [0.3, 0.4) is 0 Å². The molecule has 10 heteroatoms. The summed E-state index contributed by atoms with van der Waals surface area (Å²) in [5, 5.41) is 0. The van der Waals surface area contributed by atoms with Crippen LogP contribution < -0.4 is 34.3 Å². The Balaban J connectivity index is 0.00000342. The van der Waals surface area contributed by atoms with Crippen molar-refractivity contribution in [1.29, 1.82) is 0 Å².